The maximum atomic E-state index is 11.1. The number of rotatable bonds is 1. The number of carbonyl (C=O) groups excluding carboxylic acids is 1. The molecular weight excluding hydrogens is 293 g/mol. The van der Waals surface area contributed by atoms with Gasteiger partial charge in [-0.3, -0.25) is 0 Å². The summed E-state index contributed by atoms with van der Waals surface area (Å²) in [6.07, 6.45) is 8.35. The highest BCUT2D eigenvalue weighted by molar-refractivity contribution is 14.1. The number of methoxy groups -OCH3 is 1. The Morgan fingerprint density at radius 3 is 2.71 bits per heavy atom. The molecular formula is C10H16INO2. The molecule has 0 aromatic rings. The Morgan fingerprint density at radius 2 is 2.07 bits per heavy atom. The molecule has 1 rings (SSSR count). The summed E-state index contributed by atoms with van der Waals surface area (Å²) in [6, 6.07) is 0.244. The lowest BCUT2D eigenvalue weighted by Crippen LogP contribution is -2.41. The number of halogens is 1. The topological polar surface area (TPSA) is 38.3 Å². The van der Waals surface area contributed by atoms with Crippen LogP contribution in [-0.4, -0.2) is 23.2 Å². The molecule has 80 valence electrons. The van der Waals surface area contributed by atoms with E-state index in [2.05, 4.69) is 44.8 Å². The molecule has 1 aliphatic rings. The fourth-order valence-electron chi connectivity index (χ4n) is 1.52. The number of ether oxygens (including phenoxy) is 1. The molecule has 0 heterocycles. The zero-order valence-electron chi connectivity index (χ0n) is 8.33. The minimum atomic E-state index is -0.318. The zero-order valence-corrected chi connectivity index (χ0v) is 10.5. The molecule has 0 aliphatic heterocycles. The van der Waals surface area contributed by atoms with E-state index in [0.717, 1.165) is 25.7 Å². The predicted molar refractivity (Wildman–Crippen MR) is 64.7 cm³/mol. The highest BCUT2D eigenvalue weighted by Gasteiger charge is 2.20. The highest BCUT2D eigenvalue weighted by atomic mass is 127. The summed E-state index contributed by atoms with van der Waals surface area (Å²) in [4.78, 5) is 11.1. The number of carbonyl (C=O) groups is 1. The Hall–Kier alpha value is -0.260. The first-order valence-corrected chi connectivity index (χ1v) is 6.12. The molecule has 1 aliphatic carbocycles. The second-order valence-electron chi connectivity index (χ2n) is 3.38. The van der Waals surface area contributed by atoms with Gasteiger partial charge in [-0.05, 0) is 25.7 Å². The maximum absolute atomic E-state index is 11.1. The van der Waals surface area contributed by atoms with Crippen molar-refractivity contribution in [2.75, 3.05) is 7.11 Å². The van der Waals surface area contributed by atoms with Crippen LogP contribution in [0.15, 0.2) is 12.2 Å². The van der Waals surface area contributed by atoms with Crippen molar-refractivity contribution in [3.8, 4) is 0 Å². The quantitative estimate of drug-likeness (QED) is 0.459. The first-order valence-electron chi connectivity index (χ1n) is 4.87. The molecule has 0 aromatic carbocycles. The van der Waals surface area contributed by atoms with Crippen LogP contribution in [0.5, 0.6) is 0 Å². The lowest BCUT2D eigenvalue weighted by Gasteiger charge is -2.23. The molecule has 1 amide bonds. The molecule has 0 radical (unpaired) electrons. The van der Waals surface area contributed by atoms with Crippen molar-refractivity contribution < 1.29 is 9.53 Å². The fraction of sp³-hybridized carbons (Fsp3) is 0.700. The summed E-state index contributed by atoms with van der Waals surface area (Å²) in [5.74, 6) is 0. The molecule has 3 nitrogen and oxygen atoms in total. The predicted octanol–water partition coefficient (Wildman–Crippen LogP) is 2.64. The Balaban J connectivity index is 2.47. The molecule has 0 aromatic heterocycles. The summed E-state index contributed by atoms with van der Waals surface area (Å²) in [7, 11) is 1.40. The molecule has 4 heteroatoms. The number of allylic oxidation sites excluding steroid dienone is 2. The average molecular weight is 309 g/mol. The van der Waals surface area contributed by atoms with Crippen LogP contribution >= 0.6 is 22.6 Å². The van der Waals surface area contributed by atoms with Crippen molar-refractivity contribution in [2.45, 2.75) is 35.6 Å². The van der Waals surface area contributed by atoms with Crippen LogP contribution in [0.2, 0.25) is 0 Å². The summed E-state index contributed by atoms with van der Waals surface area (Å²) in [5, 5.41) is 2.88. The van der Waals surface area contributed by atoms with Gasteiger partial charge in [-0.25, -0.2) is 4.79 Å². The van der Waals surface area contributed by atoms with E-state index in [1.165, 1.54) is 7.11 Å². The summed E-state index contributed by atoms with van der Waals surface area (Å²) in [5.41, 5.74) is 0. The van der Waals surface area contributed by atoms with Crippen molar-refractivity contribution in [1.29, 1.82) is 0 Å². The SMILES string of the molecule is COC(=O)N[C@@H]1CCC=CCC[C@H]1I. The van der Waals surface area contributed by atoms with Crippen molar-refractivity contribution in [3.63, 3.8) is 0 Å². The number of nitrogens with one attached hydrogen (secondary N) is 1. The van der Waals surface area contributed by atoms with Crippen LogP contribution in [-0.2, 0) is 4.74 Å². The van der Waals surface area contributed by atoms with E-state index in [0.29, 0.717) is 3.92 Å². The normalized spacial score (nSPS) is 27.6. The van der Waals surface area contributed by atoms with E-state index in [-0.39, 0.29) is 12.1 Å². The molecule has 2 atom stereocenters. The molecule has 0 fully saturated rings. The Bertz CT molecular complexity index is 218. The second kappa shape index (κ2) is 6.27. The van der Waals surface area contributed by atoms with Crippen LogP contribution in [0, 0.1) is 0 Å². The molecule has 14 heavy (non-hydrogen) atoms. The first-order chi connectivity index (χ1) is 6.74. The van der Waals surface area contributed by atoms with Gasteiger partial charge >= 0.3 is 6.09 Å². The lowest BCUT2D eigenvalue weighted by molar-refractivity contribution is 0.165. The molecule has 0 unspecified atom stereocenters. The molecule has 0 saturated carbocycles. The van der Waals surface area contributed by atoms with Crippen molar-refractivity contribution >= 4 is 28.7 Å². The van der Waals surface area contributed by atoms with Gasteiger partial charge in [-0.15, -0.1) is 0 Å². The number of amides is 1. The first kappa shape index (κ1) is 11.8. The minimum absolute atomic E-state index is 0.244. The zero-order chi connectivity index (χ0) is 10.4. The highest BCUT2D eigenvalue weighted by Crippen LogP contribution is 2.20. The van der Waals surface area contributed by atoms with Crippen molar-refractivity contribution in [1.82, 2.24) is 5.32 Å². The van der Waals surface area contributed by atoms with Gasteiger partial charge in [0.1, 0.15) is 0 Å². The van der Waals surface area contributed by atoms with Gasteiger partial charge in [-0.1, -0.05) is 34.7 Å². The van der Waals surface area contributed by atoms with E-state index in [9.17, 15) is 4.79 Å². The van der Waals surface area contributed by atoms with Crippen LogP contribution in [0.3, 0.4) is 0 Å². The second-order valence-corrected chi connectivity index (χ2v) is 4.98. The monoisotopic (exact) mass is 309 g/mol. The Labute approximate surface area is 98.4 Å². The van der Waals surface area contributed by atoms with E-state index < -0.39 is 0 Å². The van der Waals surface area contributed by atoms with E-state index in [1.807, 2.05) is 0 Å². The third-order valence-electron chi connectivity index (χ3n) is 2.35. The van der Waals surface area contributed by atoms with Crippen molar-refractivity contribution in [3.05, 3.63) is 12.2 Å². The van der Waals surface area contributed by atoms with Gasteiger partial charge in [-0.2, -0.15) is 0 Å². The summed E-state index contributed by atoms with van der Waals surface area (Å²) < 4.78 is 5.10. The maximum Gasteiger partial charge on any atom is 0.407 e. The van der Waals surface area contributed by atoms with Gasteiger partial charge in [0.05, 0.1) is 7.11 Å². The minimum Gasteiger partial charge on any atom is -0.453 e. The smallest absolute Gasteiger partial charge is 0.407 e. The fourth-order valence-corrected chi connectivity index (χ4v) is 2.42. The van der Waals surface area contributed by atoms with Gasteiger partial charge < -0.3 is 10.1 Å². The lowest BCUT2D eigenvalue weighted by atomic mass is 10.0. The Kier molecular flexibility index (Phi) is 5.29. The average Bonchev–Trinajstić information content (AvgIpc) is 2.17. The van der Waals surface area contributed by atoms with E-state index in [4.69, 9.17) is 0 Å². The van der Waals surface area contributed by atoms with Gasteiger partial charge in [0.2, 0.25) is 0 Å². The summed E-state index contributed by atoms with van der Waals surface area (Å²) in [6.45, 7) is 0. The molecule has 0 saturated heterocycles. The number of alkyl halides is 1. The van der Waals surface area contributed by atoms with Crippen LogP contribution in [0.25, 0.3) is 0 Å². The van der Waals surface area contributed by atoms with Gasteiger partial charge in [0.25, 0.3) is 0 Å². The van der Waals surface area contributed by atoms with Crippen LogP contribution < -0.4 is 5.32 Å². The van der Waals surface area contributed by atoms with E-state index in [1.54, 1.807) is 0 Å². The number of alkyl carbamates (subject to hydrolysis) is 1. The third kappa shape index (κ3) is 3.86. The number of hydrogen-bond donors (Lipinski definition) is 1. The summed E-state index contributed by atoms with van der Waals surface area (Å²) >= 11 is 2.41. The third-order valence-corrected chi connectivity index (χ3v) is 3.84. The van der Waals surface area contributed by atoms with Crippen molar-refractivity contribution in [2.24, 2.45) is 0 Å². The molecule has 1 N–H and O–H groups in total. The van der Waals surface area contributed by atoms with Gasteiger partial charge in [0, 0.05) is 9.97 Å². The Morgan fingerprint density at radius 1 is 1.43 bits per heavy atom. The van der Waals surface area contributed by atoms with E-state index >= 15 is 0 Å². The number of hydrogen-bond acceptors (Lipinski definition) is 2. The molecule has 0 spiro atoms. The standard InChI is InChI=1S/C10H16INO2/c1-14-10(13)12-9-7-5-3-2-4-6-8(9)11/h2-3,8-9H,4-7H2,1H3,(H,12,13)/t8-,9-/m1/s1. The van der Waals surface area contributed by atoms with Crippen LogP contribution in [0.4, 0.5) is 4.79 Å². The van der Waals surface area contributed by atoms with Gasteiger partial charge in [0.15, 0.2) is 0 Å². The largest absolute Gasteiger partial charge is 0.453 e. The molecule has 0 bridgehead atoms. The van der Waals surface area contributed by atoms with Crippen LogP contribution in [0.1, 0.15) is 25.7 Å².